The maximum Gasteiger partial charge on any atom is 0.416 e. The monoisotopic (exact) mass is 363 g/mol. The molecule has 0 bridgehead atoms. The second-order valence-corrected chi connectivity index (χ2v) is 5.80. The molecule has 0 aromatic heterocycles. The molecule has 2 aromatic carbocycles. The molecule has 0 atom stereocenters. The van der Waals surface area contributed by atoms with Crippen molar-refractivity contribution in [1.82, 2.24) is 5.32 Å². The van der Waals surface area contributed by atoms with Gasteiger partial charge < -0.3 is 15.2 Å². The summed E-state index contributed by atoms with van der Waals surface area (Å²) in [6.07, 6.45) is 1.01. The molecule has 0 saturated carbocycles. The number of alkyl halides is 3. The van der Waals surface area contributed by atoms with Gasteiger partial charge in [-0.1, -0.05) is 18.1 Å². The fourth-order valence-corrected chi connectivity index (χ4v) is 2.48. The Bertz CT molecular complexity index is 795. The van der Waals surface area contributed by atoms with Crippen molar-refractivity contribution in [3.05, 3.63) is 64.2 Å². The van der Waals surface area contributed by atoms with Crippen molar-refractivity contribution in [3.63, 3.8) is 0 Å². The molecule has 0 aliphatic carbocycles. The quantitative estimate of drug-likeness (QED) is 0.583. The second-order valence-electron chi connectivity index (χ2n) is 5.80. The smallest absolute Gasteiger partial charge is 0.416 e. The zero-order valence-corrected chi connectivity index (χ0v) is 14.4. The molecule has 0 saturated heterocycles. The Morgan fingerprint density at radius 3 is 2.62 bits per heavy atom. The van der Waals surface area contributed by atoms with Gasteiger partial charge in [-0.15, -0.1) is 6.42 Å². The molecule has 2 aromatic rings. The minimum atomic E-state index is -4.39. The molecule has 0 fully saturated rings. The molecular formula is C20H20F3NO2. The molecule has 3 nitrogen and oxygen atoms in total. The number of hydrogen-bond donors (Lipinski definition) is 2. The van der Waals surface area contributed by atoms with E-state index in [-0.39, 0.29) is 18.8 Å². The van der Waals surface area contributed by atoms with Crippen LogP contribution in [0.15, 0.2) is 36.4 Å². The SMILES string of the molecule is C#Cc1ccc(OCc2ccc(C)c(C(F)(F)F)c2)c(CNCCO)c1. The first-order valence-electron chi connectivity index (χ1n) is 8.05. The van der Waals surface area contributed by atoms with Gasteiger partial charge in [-0.05, 0) is 42.3 Å². The molecule has 6 heteroatoms. The summed E-state index contributed by atoms with van der Waals surface area (Å²) < 4.78 is 44.8. The lowest BCUT2D eigenvalue weighted by atomic mass is 10.0. The Morgan fingerprint density at radius 2 is 1.96 bits per heavy atom. The van der Waals surface area contributed by atoms with E-state index in [2.05, 4.69) is 11.2 Å². The first-order valence-corrected chi connectivity index (χ1v) is 8.05. The molecule has 2 rings (SSSR count). The van der Waals surface area contributed by atoms with Gasteiger partial charge in [-0.3, -0.25) is 0 Å². The number of aliphatic hydroxyl groups is 1. The number of terminal acetylenes is 1. The molecular weight excluding hydrogens is 343 g/mol. The Hall–Kier alpha value is -2.49. The first-order chi connectivity index (χ1) is 12.3. The number of aryl methyl sites for hydroxylation is 1. The third kappa shape index (κ3) is 5.25. The minimum Gasteiger partial charge on any atom is -0.489 e. The molecule has 0 radical (unpaired) electrons. The van der Waals surface area contributed by atoms with Crippen molar-refractivity contribution in [2.24, 2.45) is 0 Å². The van der Waals surface area contributed by atoms with Gasteiger partial charge in [0.1, 0.15) is 12.4 Å². The normalized spacial score (nSPS) is 11.2. The maximum absolute atomic E-state index is 13.0. The third-order valence-corrected chi connectivity index (χ3v) is 3.83. The van der Waals surface area contributed by atoms with E-state index < -0.39 is 11.7 Å². The van der Waals surface area contributed by atoms with E-state index >= 15 is 0 Å². The number of benzene rings is 2. The average Bonchev–Trinajstić information content (AvgIpc) is 2.60. The molecule has 0 aliphatic heterocycles. The van der Waals surface area contributed by atoms with E-state index in [1.165, 1.54) is 13.0 Å². The van der Waals surface area contributed by atoms with Gasteiger partial charge in [0.15, 0.2) is 0 Å². The Labute approximate surface area is 150 Å². The molecule has 0 heterocycles. The van der Waals surface area contributed by atoms with Gasteiger partial charge in [0.05, 0.1) is 12.2 Å². The molecule has 0 unspecified atom stereocenters. The molecule has 0 amide bonds. The summed E-state index contributed by atoms with van der Waals surface area (Å²) in [6, 6.07) is 9.34. The lowest BCUT2D eigenvalue weighted by molar-refractivity contribution is -0.138. The van der Waals surface area contributed by atoms with Crippen molar-refractivity contribution >= 4 is 0 Å². The molecule has 138 valence electrons. The van der Waals surface area contributed by atoms with Crippen LogP contribution < -0.4 is 10.1 Å². The van der Waals surface area contributed by atoms with Crippen LogP contribution in [0.2, 0.25) is 0 Å². The highest BCUT2D eigenvalue weighted by molar-refractivity contribution is 5.43. The predicted molar refractivity (Wildman–Crippen MR) is 93.7 cm³/mol. The average molecular weight is 363 g/mol. The van der Waals surface area contributed by atoms with Crippen LogP contribution in [0, 0.1) is 19.3 Å². The number of rotatable bonds is 7. The topological polar surface area (TPSA) is 41.5 Å². The summed E-state index contributed by atoms with van der Waals surface area (Å²) in [4.78, 5) is 0. The van der Waals surface area contributed by atoms with E-state index in [9.17, 15) is 13.2 Å². The zero-order valence-electron chi connectivity index (χ0n) is 14.4. The van der Waals surface area contributed by atoms with Crippen molar-refractivity contribution in [3.8, 4) is 18.1 Å². The van der Waals surface area contributed by atoms with Gasteiger partial charge in [-0.2, -0.15) is 13.2 Å². The van der Waals surface area contributed by atoms with E-state index in [0.717, 1.165) is 11.6 Å². The summed E-state index contributed by atoms with van der Waals surface area (Å²) in [6.45, 7) is 2.26. The zero-order chi connectivity index (χ0) is 19.2. The van der Waals surface area contributed by atoms with Crippen LogP contribution in [0.4, 0.5) is 13.2 Å². The van der Waals surface area contributed by atoms with Gasteiger partial charge in [-0.25, -0.2) is 0 Å². The van der Waals surface area contributed by atoms with Crippen LogP contribution >= 0.6 is 0 Å². The Kier molecular flexibility index (Phi) is 6.67. The van der Waals surface area contributed by atoms with Crippen LogP contribution in [0.5, 0.6) is 5.75 Å². The van der Waals surface area contributed by atoms with E-state index in [1.54, 1.807) is 24.3 Å². The van der Waals surface area contributed by atoms with E-state index in [4.69, 9.17) is 16.3 Å². The van der Waals surface area contributed by atoms with Crippen LogP contribution in [-0.2, 0) is 19.3 Å². The van der Waals surface area contributed by atoms with E-state index in [1.807, 2.05) is 0 Å². The maximum atomic E-state index is 13.0. The van der Waals surface area contributed by atoms with Crippen molar-refractivity contribution in [2.45, 2.75) is 26.3 Å². The first kappa shape index (κ1) is 19.8. The number of hydrogen-bond acceptors (Lipinski definition) is 3. The number of aliphatic hydroxyl groups excluding tert-OH is 1. The second kappa shape index (κ2) is 8.75. The summed E-state index contributed by atoms with van der Waals surface area (Å²) in [7, 11) is 0. The fraction of sp³-hybridized carbons (Fsp3) is 0.300. The Balaban J connectivity index is 2.17. The minimum absolute atomic E-state index is 0.00535. The standard InChI is InChI=1S/C20H20F3NO2/c1-3-15-6-7-19(17(10-15)12-24-8-9-25)26-13-16-5-4-14(2)18(11-16)20(21,22)23/h1,4-7,10-11,24-25H,8-9,12-13H2,2H3. The van der Waals surface area contributed by atoms with Crippen molar-refractivity contribution < 1.29 is 23.0 Å². The lowest BCUT2D eigenvalue weighted by Gasteiger charge is -2.15. The highest BCUT2D eigenvalue weighted by Gasteiger charge is 2.32. The number of ether oxygens (including phenoxy) is 1. The summed E-state index contributed by atoms with van der Waals surface area (Å²) in [5, 5.41) is 11.9. The lowest BCUT2D eigenvalue weighted by Crippen LogP contribution is -2.18. The summed E-state index contributed by atoms with van der Waals surface area (Å²) in [5.74, 6) is 3.06. The summed E-state index contributed by atoms with van der Waals surface area (Å²) in [5.41, 5.74) is 1.39. The van der Waals surface area contributed by atoms with Gasteiger partial charge in [0.2, 0.25) is 0 Å². The highest BCUT2D eigenvalue weighted by atomic mass is 19.4. The molecule has 26 heavy (non-hydrogen) atoms. The fourth-order valence-electron chi connectivity index (χ4n) is 2.48. The molecule has 2 N–H and O–H groups in total. The van der Waals surface area contributed by atoms with Crippen LogP contribution in [0.3, 0.4) is 0 Å². The van der Waals surface area contributed by atoms with E-state index in [0.29, 0.717) is 30.0 Å². The molecule has 0 aliphatic rings. The van der Waals surface area contributed by atoms with Gasteiger partial charge in [0, 0.05) is 24.2 Å². The number of nitrogens with one attached hydrogen (secondary N) is 1. The van der Waals surface area contributed by atoms with Crippen LogP contribution in [0.25, 0.3) is 0 Å². The molecule has 0 spiro atoms. The highest BCUT2D eigenvalue weighted by Crippen LogP contribution is 2.32. The third-order valence-electron chi connectivity index (χ3n) is 3.83. The van der Waals surface area contributed by atoms with Gasteiger partial charge in [0.25, 0.3) is 0 Å². The largest absolute Gasteiger partial charge is 0.489 e. The number of halogens is 3. The van der Waals surface area contributed by atoms with Crippen LogP contribution in [0.1, 0.15) is 27.8 Å². The summed E-state index contributed by atoms with van der Waals surface area (Å²) >= 11 is 0. The van der Waals surface area contributed by atoms with Crippen molar-refractivity contribution in [2.75, 3.05) is 13.2 Å². The predicted octanol–water partition coefficient (Wildman–Crippen LogP) is 3.66. The van der Waals surface area contributed by atoms with Gasteiger partial charge >= 0.3 is 6.18 Å². The van der Waals surface area contributed by atoms with Crippen LogP contribution in [-0.4, -0.2) is 18.3 Å². The Morgan fingerprint density at radius 1 is 1.19 bits per heavy atom. The van der Waals surface area contributed by atoms with Crippen molar-refractivity contribution in [1.29, 1.82) is 0 Å².